The van der Waals surface area contributed by atoms with Gasteiger partial charge in [-0.1, -0.05) is 58.0 Å². The molecule has 118 valence electrons. The summed E-state index contributed by atoms with van der Waals surface area (Å²) in [6.45, 7) is 11.6. The Labute approximate surface area is 130 Å². The van der Waals surface area contributed by atoms with E-state index in [2.05, 4.69) is 68.2 Å². The van der Waals surface area contributed by atoms with Crippen LogP contribution in [0.4, 0.5) is 0 Å². The maximum atomic E-state index is 3.82. The van der Waals surface area contributed by atoms with Crippen LogP contribution in [0.1, 0.15) is 65.0 Å². The van der Waals surface area contributed by atoms with Crippen LogP contribution in [0.3, 0.4) is 0 Å². The first kappa shape index (κ1) is 16.5. The van der Waals surface area contributed by atoms with Crippen molar-refractivity contribution in [3.8, 4) is 0 Å². The van der Waals surface area contributed by atoms with Gasteiger partial charge in [-0.15, -0.1) is 0 Å². The molecule has 0 amide bonds. The number of nitrogens with zero attached hydrogens (tertiary/aromatic N) is 1. The van der Waals surface area contributed by atoms with Gasteiger partial charge in [0.1, 0.15) is 0 Å². The maximum absolute atomic E-state index is 3.82. The Hall–Kier alpha value is -0.860. The van der Waals surface area contributed by atoms with Gasteiger partial charge in [0.15, 0.2) is 0 Å². The topological polar surface area (TPSA) is 15.3 Å². The molecular weight excluding hydrogens is 256 g/mol. The van der Waals surface area contributed by atoms with E-state index in [1.165, 1.54) is 31.2 Å². The summed E-state index contributed by atoms with van der Waals surface area (Å²) < 4.78 is 0. The highest BCUT2D eigenvalue weighted by atomic mass is 15.3. The van der Waals surface area contributed by atoms with Crippen LogP contribution in [0.2, 0.25) is 0 Å². The molecule has 0 radical (unpaired) electrons. The molecule has 0 saturated carbocycles. The third kappa shape index (κ3) is 3.32. The van der Waals surface area contributed by atoms with Crippen LogP contribution in [0.5, 0.6) is 0 Å². The Morgan fingerprint density at radius 3 is 2.24 bits per heavy atom. The Bertz CT molecular complexity index is 407. The van der Waals surface area contributed by atoms with Gasteiger partial charge >= 0.3 is 0 Å². The molecule has 0 spiro atoms. The van der Waals surface area contributed by atoms with Crippen molar-refractivity contribution >= 4 is 0 Å². The Kier molecular flexibility index (Phi) is 5.83. The largest absolute Gasteiger partial charge is 0.307 e. The molecule has 1 aromatic carbocycles. The molecule has 1 atom stereocenters. The summed E-state index contributed by atoms with van der Waals surface area (Å²) in [5.41, 5.74) is 1.76. The molecule has 1 saturated heterocycles. The van der Waals surface area contributed by atoms with E-state index < -0.39 is 0 Å². The first-order chi connectivity index (χ1) is 10.2. The summed E-state index contributed by atoms with van der Waals surface area (Å²) in [5.74, 6) is 0. The first-order valence-corrected chi connectivity index (χ1v) is 8.75. The normalized spacial score (nSPS) is 22.6. The van der Waals surface area contributed by atoms with Crippen LogP contribution in [-0.4, -0.2) is 29.6 Å². The zero-order valence-corrected chi connectivity index (χ0v) is 14.2. The molecule has 1 N–H and O–H groups in total. The second-order valence-corrected chi connectivity index (χ2v) is 6.40. The number of piperazine rings is 1. The molecule has 0 bridgehead atoms. The number of hydrogen-bond donors (Lipinski definition) is 1. The smallest absolute Gasteiger partial charge is 0.0450 e. The summed E-state index contributed by atoms with van der Waals surface area (Å²) in [6, 6.07) is 12.1. The molecule has 1 aromatic rings. The monoisotopic (exact) mass is 288 g/mol. The van der Waals surface area contributed by atoms with E-state index in [0.29, 0.717) is 17.6 Å². The van der Waals surface area contributed by atoms with Gasteiger partial charge in [-0.3, -0.25) is 4.90 Å². The maximum Gasteiger partial charge on any atom is 0.0450 e. The van der Waals surface area contributed by atoms with Crippen LogP contribution in [0.25, 0.3) is 0 Å². The Balaban J connectivity index is 2.24. The second kappa shape index (κ2) is 7.42. The third-order valence-corrected chi connectivity index (χ3v) is 5.57. The van der Waals surface area contributed by atoms with Gasteiger partial charge in [-0.25, -0.2) is 0 Å². The predicted octanol–water partition coefficient (Wildman–Crippen LogP) is 4.38. The lowest BCUT2D eigenvalue weighted by Crippen LogP contribution is -2.64. The van der Waals surface area contributed by atoms with Crippen molar-refractivity contribution in [2.75, 3.05) is 13.1 Å². The number of rotatable bonds is 6. The minimum atomic E-state index is 0.335. The highest BCUT2D eigenvalue weighted by Gasteiger charge is 2.41. The van der Waals surface area contributed by atoms with E-state index in [-0.39, 0.29) is 0 Å². The summed E-state index contributed by atoms with van der Waals surface area (Å²) in [7, 11) is 0. The van der Waals surface area contributed by atoms with E-state index in [1.807, 2.05) is 0 Å². The molecule has 2 heteroatoms. The second-order valence-electron chi connectivity index (χ2n) is 6.40. The Morgan fingerprint density at radius 1 is 1.10 bits per heavy atom. The third-order valence-electron chi connectivity index (χ3n) is 5.57. The first-order valence-electron chi connectivity index (χ1n) is 8.75. The van der Waals surface area contributed by atoms with Crippen molar-refractivity contribution in [2.24, 2.45) is 0 Å². The van der Waals surface area contributed by atoms with Crippen LogP contribution in [0, 0.1) is 0 Å². The van der Waals surface area contributed by atoms with Crippen LogP contribution in [0.15, 0.2) is 30.3 Å². The van der Waals surface area contributed by atoms with Gasteiger partial charge in [-0.05, 0) is 31.2 Å². The van der Waals surface area contributed by atoms with Gasteiger partial charge in [0, 0.05) is 30.7 Å². The highest BCUT2D eigenvalue weighted by molar-refractivity contribution is 5.21. The number of benzene rings is 1. The van der Waals surface area contributed by atoms with E-state index in [4.69, 9.17) is 0 Å². The molecule has 1 aliphatic rings. The van der Waals surface area contributed by atoms with Gasteiger partial charge < -0.3 is 5.32 Å². The molecular formula is C19H32N2. The fourth-order valence-electron chi connectivity index (χ4n) is 3.95. The summed E-state index contributed by atoms with van der Waals surface area (Å²) in [5, 5.41) is 3.82. The molecule has 1 heterocycles. The molecule has 1 fully saturated rings. The van der Waals surface area contributed by atoms with Crippen molar-refractivity contribution in [1.29, 1.82) is 0 Å². The van der Waals surface area contributed by atoms with Crippen LogP contribution >= 0.6 is 0 Å². The molecule has 2 nitrogen and oxygen atoms in total. The molecule has 21 heavy (non-hydrogen) atoms. The average molecular weight is 288 g/mol. The molecule has 0 aliphatic carbocycles. The van der Waals surface area contributed by atoms with Gasteiger partial charge in [0.2, 0.25) is 0 Å². The summed E-state index contributed by atoms with van der Waals surface area (Å²) in [4.78, 5) is 2.82. The fraction of sp³-hybridized carbons (Fsp3) is 0.684. The SMILES string of the molecule is CCC(CC)N1CC(c2ccccc2)NCC1(CC)CC. The number of hydrogen-bond acceptors (Lipinski definition) is 2. The Morgan fingerprint density at radius 2 is 1.71 bits per heavy atom. The van der Waals surface area contributed by atoms with E-state index in [1.54, 1.807) is 0 Å². The van der Waals surface area contributed by atoms with Gasteiger partial charge in [-0.2, -0.15) is 0 Å². The van der Waals surface area contributed by atoms with Crippen LogP contribution in [-0.2, 0) is 0 Å². The summed E-state index contributed by atoms with van der Waals surface area (Å²) in [6.07, 6.45) is 4.96. The van der Waals surface area contributed by atoms with Gasteiger partial charge in [0.05, 0.1) is 0 Å². The highest BCUT2D eigenvalue weighted by Crippen LogP contribution is 2.34. The predicted molar refractivity (Wildman–Crippen MR) is 91.6 cm³/mol. The van der Waals surface area contributed by atoms with E-state index >= 15 is 0 Å². The summed E-state index contributed by atoms with van der Waals surface area (Å²) >= 11 is 0. The van der Waals surface area contributed by atoms with Crippen molar-refractivity contribution in [1.82, 2.24) is 10.2 Å². The van der Waals surface area contributed by atoms with Crippen molar-refractivity contribution in [3.63, 3.8) is 0 Å². The zero-order valence-electron chi connectivity index (χ0n) is 14.2. The van der Waals surface area contributed by atoms with E-state index in [9.17, 15) is 0 Å². The molecule has 1 aliphatic heterocycles. The minimum Gasteiger partial charge on any atom is -0.307 e. The molecule has 1 unspecified atom stereocenters. The van der Waals surface area contributed by atoms with Crippen molar-refractivity contribution in [2.45, 2.75) is 71.0 Å². The lowest BCUT2D eigenvalue weighted by atomic mass is 9.84. The van der Waals surface area contributed by atoms with Crippen LogP contribution < -0.4 is 5.32 Å². The average Bonchev–Trinajstić information content (AvgIpc) is 2.57. The van der Waals surface area contributed by atoms with Crippen molar-refractivity contribution in [3.05, 3.63) is 35.9 Å². The minimum absolute atomic E-state index is 0.335. The molecule has 2 rings (SSSR count). The lowest BCUT2D eigenvalue weighted by molar-refractivity contribution is -0.00810. The lowest BCUT2D eigenvalue weighted by Gasteiger charge is -2.53. The molecule has 0 aromatic heterocycles. The zero-order chi connectivity index (χ0) is 15.3. The van der Waals surface area contributed by atoms with Gasteiger partial charge in [0.25, 0.3) is 0 Å². The standard InChI is InChI=1S/C19H32N2/c1-5-17(6-2)21-14-18(16-12-10-9-11-13-16)20-15-19(21,7-3)8-4/h9-13,17-18,20H,5-8,14-15H2,1-4H3. The van der Waals surface area contributed by atoms with Crippen molar-refractivity contribution < 1.29 is 0 Å². The van der Waals surface area contributed by atoms with E-state index in [0.717, 1.165) is 13.1 Å². The fourth-order valence-corrected chi connectivity index (χ4v) is 3.95. The number of nitrogens with one attached hydrogen (secondary N) is 1. The quantitative estimate of drug-likeness (QED) is 0.835.